The monoisotopic (exact) mass is 526 g/mol. The highest BCUT2D eigenvalue weighted by molar-refractivity contribution is 7.38. The van der Waals surface area contributed by atoms with Crippen molar-refractivity contribution in [2.75, 3.05) is 0 Å². The van der Waals surface area contributed by atoms with Crippen LogP contribution in [0.3, 0.4) is 0 Å². The molecule has 1 saturated heterocycles. The summed E-state index contributed by atoms with van der Waals surface area (Å²) in [5.74, 6) is 0.254. The lowest BCUT2D eigenvalue weighted by Crippen LogP contribution is -2.73. The largest absolute Gasteiger partial charge is 0.469 e. The van der Waals surface area contributed by atoms with E-state index in [4.69, 9.17) is 4.74 Å². The highest BCUT2D eigenvalue weighted by Crippen LogP contribution is 2.47. The number of β-lactam (4-membered cyclic amide) rings is 1. The summed E-state index contributed by atoms with van der Waals surface area (Å²) in [6, 6.07) is 14.3. The lowest BCUT2D eigenvalue weighted by atomic mass is 9.72. The second-order valence-corrected chi connectivity index (χ2v) is 11.1. The number of nitrogens with one attached hydrogen (secondary N) is 1. The van der Waals surface area contributed by atoms with Gasteiger partial charge in [-0.2, -0.15) is 0 Å². The maximum absolute atomic E-state index is 13.4. The van der Waals surface area contributed by atoms with Crippen LogP contribution in [0.1, 0.15) is 81.3 Å². The summed E-state index contributed by atoms with van der Waals surface area (Å²) in [7, 11) is -2.78. The fourth-order valence-electron chi connectivity index (χ4n) is 4.98. The maximum Gasteiger partial charge on any atom is 0.327 e. The van der Waals surface area contributed by atoms with Crippen molar-refractivity contribution < 1.29 is 23.8 Å². The summed E-state index contributed by atoms with van der Waals surface area (Å²) in [4.78, 5) is 37.6. The van der Waals surface area contributed by atoms with Crippen molar-refractivity contribution in [2.24, 2.45) is 5.41 Å². The van der Waals surface area contributed by atoms with Crippen LogP contribution in [0, 0.1) is 12.3 Å². The molecule has 0 saturated carbocycles. The van der Waals surface area contributed by atoms with Gasteiger partial charge in [0.05, 0.1) is 11.7 Å². The van der Waals surface area contributed by atoms with Gasteiger partial charge in [0, 0.05) is 0 Å². The zero-order chi connectivity index (χ0) is 27.2. The second kappa shape index (κ2) is 12.6. The predicted molar refractivity (Wildman–Crippen MR) is 147 cm³/mol. The predicted octanol–water partition coefficient (Wildman–Crippen LogP) is 6.68. The number of carbonyl (C=O) groups excluding carboxylic acids is 2. The van der Waals surface area contributed by atoms with Gasteiger partial charge in [-0.05, 0) is 55.9 Å². The lowest BCUT2D eigenvalue weighted by Gasteiger charge is -2.53. The van der Waals surface area contributed by atoms with Crippen LogP contribution in [0.25, 0.3) is 0 Å². The minimum Gasteiger partial charge on any atom is -0.469 e. The highest BCUT2D eigenvalue weighted by Gasteiger charge is 2.63. The van der Waals surface area contributed by atoms with E-state index in [0.717, 1.165) is 29.5 Å². The van der Waals surface area contributed by atoms with Crippen molar-refractivity contribution in [3.63, 3.8) is 0 Å². The number of nitrogens with zero attached hydrogens (tertiary/aromatic N) is 1. The first kappa shape index (κ1) is 28.7. The van der Waals surface area contributed by atoms with Crippen molar-refractivity contribution in [3.8, 4) is 5.75 Å². The molecule has 2 aromatic carbocycles. The maximum atomic E-state index is 13.4. The SMILES string of the molecule is C=CCC(c1ccc(O[C@@H]2N(C(=O)N[C@H](CCC)c3ccc(C)cc3)C(=O)C2(CC)CC)cc1)[PH](=O)O. The average molecular weight is 527 g/mol. The van der Waals surface area contributed by atoms with Gasteiger partial charge in [-0.1, -0.05) is 75.2 Å². The summed E-state index contributed by atoms with van der Waals surface area (Å²) in [5, 5.41) is 3.06. The average Bonchev–Trinajstić information content (AvgIpc) is 2.88. The number of imide groups is 1. The molecule has 0 radical (unpaired) electrons. The molecule has 7 nitrogen and oxygen atoms in total. The van der Waals surface area contributed by atoms with Crippen molar-refractivity contribution >= 4 is 20.0 Å². The standard InChI is InChI=1S/C29H39N2O5P/c1-6-10-24(21-14-12-20(5)13-15-21)30-28(33)31-26(32)29(8-3,9-4)27(31)36-23-18-16-22(17-19-23)25(11-7-2)37(34)35/h7,12-19,24-25,27,37H,2,6,8-11H2,1,3-5H3,(H,30,33)(H,34,35)/t24-,25?,27+/m1/s1. The summed E-state index contributed by atoms with van der Waals surface area (Å²) in [5.41, 5.74) is 1.56. The molecular formula is C29H39N2O5P. The van der Waals surface area contributed by atoms with Gasteiger partial charge in [-0.15, -0.1) is 6.58 Å². The first-order chi connectivity index (χ1) is 17.7. The summed E-state index contributed by atoms with van der Waals surface area (Å²) < 4.78 is 18.1. The zero-order valence-corrected chi connectivity index (χ0v) is 23.2. The summed E-state index contributed by atoms with van der Waals surface area (Å²) in [6.07, 6.45) is 3.98. The third kappa shape index (κ3) is 6.00. The molecule has 2 N–H and O–H groups in total. The van der Waals surface area contributed by atoms with Gasteiger partial charge in [-0.3, -0.25) is 9.36 Å². The number of hydrogen-bond donors (Lipinski definition) is 2. The van der Waals surface area contributed by atoms with E-state index in [9.17, 15) is 19.0 Å². The van der Waals surface area contributed by atoms with E-state index in [2.05, 4.69) is 18.8 Å². The zero-order valence-electron chi connectivity index (χ0n) is 22.2. The molecule has 3 rings (SSSR count). The van der Waals surface area contributed by atoms with E-state index in [-0.39, 0.29) is 11.9 Å². The van der Waals surface area contributed by atoms with Gasteiger partial charge < -0.3 is 14.9 Å². The van der Waals surface area contributed by atoms with E-state index in [1.807, 2.05) is 45.0 Å². The van der Waals surface area contributed by atoms with Crippen molar-refractivity contribution in [3.05, 3.63) is 77.9 Å². The third-order valence-corrected chi connectivity index (χ3v) is 8.58. The molecule has 200 valence electrons. The van der Waals surface area contributed by atoms with E-state index < -0.39 is 31.4 Å². The molecule has 0 spiro atoms. The van der Waals surface area contributed by atoms with Gasteiger partial charge in [0.15, 0.2) is 14.3 Å². The summed E-state index contributed by atoms with van der Waals surface area (Å²) in [6.45, 7) is 11.6. The van der Waals surface area contributed by atoms with Crippen LogP contribution >= 0.6 is 8.03 Å². The Morgan fingerprint density at radius 2 is 1.73 bits per heavy atom. The van der Waals surface area contributed by atoms with Crippen molar-refractivity contribution in [1.82, 2.24) is 10.2 Å². The van der Waals surface area contributed by atoms with Gasteiger partial charge in [0.25, 0.3) is 0 Å². The van der Waals surface area contributed by atoms with E-state index in [1.165, 1.54) is 4.90 Å². The van der Waals surface area contributed by atoms with Crippen LogP contribution < -0.4 is 10.1 Å². The Balaban J connectivity index is 1.83. The van der Waals surface area contributed by atoms with E-state index in [1.54, 1.807) is 30.3 Å². The minimum atomic E-state index is -2.78. The molecule has 37 heavy (non-hydrogen) atoms. The van der Waals surface area contributed by atoms with Crippen LogP contribution in [0.2, 0.25) is 0 Å². The molecule has 2 unspecified atom stereocenters. The molecule has 4 atom stereocenters. The van der Waals surface area contributed by atoms with Crippen LogP contribution in [0.4, 0.5) is 4.79 Å². The Labute approximate surface area is 220 Å². The first-order valence-corrected chi connectivity index (χ1v) is 14.5. The Kier molecular flexibility index (Phi) is 9.74. The molecule has 0 aliphatic carbocycles. The number of allylic oxidation sites excluding steroid dienone is 1. The Morgan fingerprint density at radius 1 is 1.14 bits per heavy atom. The fourth-order valence-corrected chi connectivity index (χ4v) is 5.83. The van der Waals surface area contributed by atoms with Gasteiger partial charge in [0.2, 0.25) is 5.91 Å². The van der Waals surface area contributed by atoms with Crippen molar-refractivity contribution in [2.45, 2.75) is 77.7 Å². The van der Waals surface area contributed by atoms with Crippen LogP contribution in [0.5, 0.6) is 5.75 Å². The van der Waals surface area contributed by atoms with E-state index in [0.29, 0.717) is 25.0 Å². The Morgan fingerprint density at radius 3 is 2.24 bits per heavy atom. The van der Waals surface area contributed by atoms with Crippen LogP contribution in [-0.4, -0.2) is 28.0 Å². The molecule has 1 fully saturated rings. The van der Waals surface area contributed by atoms with Gasteiger partial charge >= 0.3 is 6.03 Å². The number of carbonyl (C=O) groups is 2. The number of aryl methyl sites for hydroxylation is 1. The third-order valence-electron chi connectivity index (χ3n) is 7.42. The molecule has 0 bridgehead atoms. The fraction of sp³-hybridized carbons (Fsp3) is 0.448. The molecule has 3 amide bonds. The molecule has 2 aromatic rings. The number of benzene rings is 2. The smallest absolute Gasteiger partial charge is 0.327 e. The summed E-state index contributed by atoms with van der Waals surface area (Å²) >= 11 is 0. The number of ether oxygens (including phenoxy) is 1. The molecular weight excluding hydrogens is 487 g/mol. The number of hydrogen-bond acceptors (Lipinski definition) is 4. The second-order valence-electron chi connectivity index (χ2n) is 9.69. The molecule has 1 heterocycles. The van der Waals surface area contributed by atoms with Crippen LogP contribution in [0.15, 0.2) is 61.2 Å². The minimum absolute atomic E-state index is 0.215. The number of amides is 3. The van der Waals surface area contributed by atoms with Gasteiger partial charge in [0.1, 0.15) is 11.2 Å². The van der Waals surface area contributed by atoms with E-state index >= 15 is 0 Å². The number of likely N-dealkylation sites (tertiary alicyclic amines) is 1. The Hall–Kier alpha value is -2.89. The number of urea groups is 1. The molecule has 1 aliphatic rings. The van der Waals surface area contributed by atoms with Gasteiger partial charge in [-0.25, -0.2) is 9.69 Å². The lowest BCUT2D eigenvalue weighted by molar-refractivity contribution is -0.191. The Bertz CT molecular complexity index is 1110. The number of rotatable bonds is 12. The molecule has 0 aromatic heterocycles. The molecule has 8 heteroatoms. The highest BCUT2D eigenvalue weighted by atomic mass is 31.1. The normalized spacial score (nSPS) is 18.9. The quantitative estimate of drug-likeness (QED) is 0.183. The molecule has 1 aliphatic heterocycles. The first-order valence-electron chi connectivity index (χ1n) is 13.0. The topological polar surface area (TPSA) is 95.9 Å². The van der Waals surface area contributed by atoms with Crippen LogP contribution in [-0.2, 0) is 9.36 Å². The van der Waals surface area contributed by atoms with Crippen molar-refractivity contribution in [1.29, 1.82) is 0 Å².